The minimum atomic E-state index is -2.75. The highest BCUT2D eigenvalue weighted by Crippen LogP contribution is 2.24. The van der Waals surface area contributed by atoms with Crippen LogP contribution >= 0.6 is 0 Å². The van der Waals surface area contributed by atoms with E-state index in [-0.39, 0.29) is 17.4 Å². The second kappa shape index (κ2) is 7.07. The van der Waals surface area contributed by atoms with Gasteiger partial charge in [-0.1, -0.05) is 18.2 Å². The van der Waals surface area contributed by atoms with Crippen molar-refractivity contribution in [2.75, 3.05) is 13.1 Å². The standard InChI is InChI=1S/C17H18F3N3O/c18-14-4-2-1-3-13(14)11-12-5-8-22(9-6-12)16(24)15-7-10-23(21-15)17(19)20/h1-4,7,10,12,17H,5-6,8-9,11H2. The molecule has 1 aliphatic heterocycles. The molecular weight excluding hydrogens is 319 g/mol. The van der Waals surface area contributed by atoms with Crippen LogP contribution in [0.15, 0.2) is 36.5 Å². The number of aromatic nitrogens is 2. The highest BCUT2D eigenvalue weighted by Gasteiger charge is 2.26. The van der Waals surface area contributed by atoms with Gasteiger partial charge in [-0.3, -0.25) is 4.79 Å². The number of hydrogen-bond acceptors (Lipinski definition) is 2. The molecule has 0 bridgehead atoms. The molecule has 4 nitrogen and oxygen atoms in total. The zero-order valence-electron chi connectivity index (χ0n) is 13.0. The quantitative estimate of drug-likeness (QED) is 0.856. The van der Waals surface area contributed by atoms with E-state index < -0.39 is 6.55 Å². The highest BCUT2D eigenvalue weighted by molar-refractivity contribution is 5.92. The third-order valence-electron chi connectivity index (χ3n) is 4.40. The number of halogens is 3. The van der Waals surface area contributed by atoms with Crippen LogP contribution < -0.4 is 0 Å². The Morgan fingerprint density at radius 3 is 2.54 bits per heavy atom. The Morgan fingerprint density at radius 1 is 1.21 bits per heavy atom. The largest absolute Gasteiger partial charge is 0.337 e. The molecule has 2 aromatic rings. The van der Waals surface area contributed by atoms with Gasteiger partial charge in [0, 0.05) is 19.3 Å². The molecule has 1 aromatic carbocycles. The molecule has 0 atom stereocenters. The predicted molar refractivity (Wildman–Crippen MR) is 82.2 cm³/mol. The van der Waals surface area contributed by atoms with E-state index in [1.807, 2.05) is 6.07 Å². The summed E-state index contributed by atoms with van der Waals surface area (Å²) in [7, 11) is 0. The van der Waals surface area contributed by atoms with Gasteiger partial charge in [-0.15, -0.1) is 0 Å². The van der Waals surface area contributed by atoms with Gasteiger partial charge in [0.25, 0.3) is 5.91 Å². The van der Waals surface area contributed by atoms with E-state index in [0.717, 1.165) is 19.0 Å². The summed E-state index contributed by atoms with van der Waals surface area (Å²) >= 11 is 0. The zero-order chi connectivity index (χ0) is 17.1. The molecule has 1 fully saturated rings. The maximum atomic E-state index is 13.7. The molecule has 0 radical (unpaired) electrons. The van der Waals surface area contributed by atoms with Crippen molar-refractivity contribution < 1.29 is 18.0 Å². The molecule has 24 heavy (non-hydrogen) atoms. The zero-order valence-corrected chi connectivity index (χ0v) is 13.0. The summed E-state index contributed by atoms with van der Waals surface area (Å²) in [5.41, 5.74) is 0.723. The maximum Gasteiger partial charge on any atom is 0.333 e. The van der Waals surface area contributed by atoms with Gasteiger partial charge in [-0.05, 0) is 42.9 Å². The van der Waals surface area contributed by atoms with Gasteiger partial charge in [0.05, 0.1) is 0 Å². The smallest absolute Gasteiger partial charge is 0.333 e. The van der Waals surface area contributed by atoms with Crippen molar-refractivity contribution in [1.82, 2.24) is 14.7 Å². The summed E-state index contributed by atoms with van der Waals surface area (Å²) in [5, 5.41) is 3.61. The fourth-order valence-electron chi connectivity index (χ4n) is 3.04. The first-order valence-corrected chi connectivity index (χ1v) is 7.90. The van der Waals surface area contributed by atoms with Gasteiger partial charge in [-0.25, -0.2) is 9.07 Å². The minimum Gasteiger partial charge on any atom is -0.337 e. The first-order chi connectivity index (χ1) is 11.5. The van der Waals surface area contributed by atoms with E-state index >= 15 is 0 Å². The SMILES string of the molecule is O=C(c1ccn(C(F)F)n1)N1CCC(Cc2ccccc2F)CC1. The third-order valence-corrected chi connectivity index (χ3v) is 4.40. The molecule has 1 aliphatic rings. The van der Waals surface area contributed by atoms with Crippen LogP contribution in [-0.2, 0) is 6.42 Å². The second-order valence-corrected chi connectivity index (χ2v) is 5.99. The average Bonchev–Trinajstić information content (AvgIpc) is 3.07. The number of alkyl halides is 2. The molecule has 3 rings (SSSR count). The lowest BCUT2D eigenvalue weighted by Crippen LogP contribution is -2.39. The lowest BCUT2D eigenvalue weighted by Gasteiger charge is -2.31. The van der Waals surface area contributed by atoms with E-state index in [9.17, 15) is 18.0 Å². The monoisotopic (exact) mass is 337 g/mol. The van der Waals surface area contributed by atoms with Crippen LogP contribution in [0, 0.1) is 11.7 Å². The van der Waals surface area contributed by atoms with Gasteiger partial charge in [0.1, 0.15) is 5.82 Å². The normalized spacial score (nSPS) is 15.9. The molecule has 0 N–H and O–H groups in total. The molecule has 0 saturated carbocycles. The number of nitrogens with zero attached hydrogens (tertiary/aromatic N) is 3. The van der Waals surface area contributed by atoms with Crippen molar-refractivity contribution in [3.63, 3.8) is 0 Å². The van der Waals surface area contributed by atoms with E-state index in [1.54, 1.807) is 17.0 Å². The topological polar surface area (TPSA) is 38.1 Å². The number of hydrogen-bond donors (Lipinski definition) is 0. The number of piperidine rings is 1. The van der Waals surface area contributed by atoms with Crippen molar-refractivity contribution in [3.8, 4) is 0 Å². The number of likely N-dealkylation sites (tertiary alicyclic amines) is 1. The van der Waals surface area contributed by atoms with Crippen molar-refractivity contribution in [2.45, 2.75) is 25.8 Å². The molecule has 1 aromatic heterocycles. The maximum absolute atomic E-state index is 13.7. The first-order valence-electron chi connectivity index (χ1n) is 7.90. The molecule has 0 spiro atoms. The van der Waals surface area contributed by atoms with Gasteiger partial charge in [0.15, 0.2) is 5.69 Å². The van der Waals surface area contributed by atoms with E-state index in [1.165, 1.54) is 12.1 Å². The molecule has 1 amide bonds. The lowest BCUT2D eigenvalue weighted by molar-refractivity contribution is 0.0545. The summed E-state index contributed by atoms with van der Waals surface area (Å²) in [6.07, 6.45) is 3.27. The fourth-order valence-corrected chi connectivity index (χ4v) is 3.04. The number of carbonyl (C=O) groups excluding carboxylic acids is 1. The summed E-state index contributed by atoms with van der Waals surface area (Å²) in [6.45, 7) is -1.70. The average molecular weight is 337 g/mol. The van der Waals surface area contributed by atoms with Gasteiger partial charge in [0.2, 0.25) is 0 Å². The predicted octanol–water partition coefficient (Wildman–Crippen LogP) is 3.51. The van der Waals surface area contributed by atoms with Crippen LogP contribution in [0.3, 0.4) is 0 Å². The highest BCUT2D eigenvalue weighted by atomic mass is 19.3. The van der Waals surface area contributed by atoms with Gasteiger partial charge >= 0.3 is 6.55 Å². The van der Waals surface area contributed by atoms with E-state index in [0.29, 0.717) is 35.7 Å². The Kier molecular flexibility index (Phi) is 4.87. The Hall–Kier alpha value is -2.31. The summed E-state index contributed by atoms with van der Waals surface area (Å²) in [6, 6.07) is 8.02. The molecule has 7 heteroatoms. The lowest BCUT2D eigenvalue weighted by atomic mass is 9.90. The van der Waals surface area contributed by atoms with Crippen LogP contribution in [0.5, 0.6) is 0 Å². The molecule has 1 saturated heterocycles. The molecule has 128 valence electrons. The minimum absolute atomic E-state index is 0.0304. The molecular formula is C17H18F3N3O. The van der Waals surface area contributed by atoms with E-state index in [4.69, 9.17) is 0 Å². The van der Waals surface area contributed by atoms with Crippen LogP contribution in [0.2, 0.25) is 0 Å². The molecule has 0 unspecified atom stereocenters. The van der Waals surface area contributed by atoms with Crippen LogP contribution in [0.25, 0.3) is 0 Å². The Labute approximate surface area is 137 Å². The Bertz CT molecular complexity index is 709. The van der Waals surface area contributed by atoms with Crippen LogP contribution in [-0.4, -0.2) is 33.7 Å². The fraction of sp³-hybridized carbons (Fsp3) is 0.412. The Balaban J connectivity index is 1.56. The number of benzene rings is 1. The van der Waals surface area contributed by atoms with Crippen molar-refractivity contribution in [3.05, 3.63) is 53.6 Å². The Morgan fingerprint density at radius 2 is 1.92 bits per heavy atom. The number of carbonyl (C=O) groups is 1. The van der Waals surface area contributed by atoms with Crippen molar-refractivity contribution >= 4 is 5.91 Å². The van der Waals surface area contributed by atoms with Crippen LogP contribution in [0.4, 0.5) is 13.2 Å². The summed E-state index contributed by atoms with van der Waals surface area (Å²) < 4.78 is 39.2. The van der Waals surface area contributed by atoms with Gasteiger partial charge in [-0.2, -0.15) is 13.9 Å². The summed E-state index contributed by atoms with van der Waals surface area (Å²) in [4.78, 5) is 13.9. The molecule has 2 heterocycles. The van der Waals surface area contributed by atoms with Crippen molar-refractivity contribution in [2.24, 2.45) is 5.92 Å². The van der Waals surface area contributed by atoms with E-state index in [2.05, 4.69) is 5.10 Å². The number of rotatable bonds is 4. The second-order valence-electron chi connectivity index (χ2n) is 5.99. The molecule has 0 aliphatic carbocycles. The summed E-state index contributed by atoms with van der Waals surface area (Å²) in [5.74, 6) is -0.225. The first kappa shape index (κ1) is 16.5. The third kappa shape index (κ3) is 3.60. The number of amides is 1. The van der Waals surface area contributed by atoms with Gasteiger partial charge < -0.3 is 4.90 Å². The van der Waals surface area contributed by atoms with Crippen LogP contribution in [0.1, 0.15) is 35.4 Å². The van der Waals surface area contributed by atoms with Crippen molar-refractivity contribution in [1.29, 1.82) is 0 Å².